The number of fused-ring (bicyclic) bond motifs is 1. The first kappa shape index (κ1) is 21.9. The smallest absolute Gasteiger partial charge is 0.258 e. The van der Waals surface area contributed by atoms with Crippen LogP contribution < -0.4 is 5.56 Å². The Hall–Kier alpha value is -2.90. The summed E-state index contributed by atoms with van der Waals surface area (Å²) in [5.41, 5.74) is 4.38. The molecule has 1 aliphatic rings. The highest BCUT2D eigenvalue weighted by atomic mass is 32.2. The molecule has 4 aromatic rings. The number of H-pyrrole nitrogens is 1. The van der Waals surface area contributed by atoms with Gasteiger partial charge in [-0.25, -0.2) is 9.97 Å². The van der Waals surface area contributed by atoms with Crippen LogP contribution >= 0.6 is 11.8 Å². The molecule has 7 heteroatoms. The minimum Gasteiger partial charge on any atom is -0.329 e. The molecule has 0 radical (unpaired) electrons. The first-order valence-electron chi connectivity index (χ1n) is 11.5. The van der Waals surface area contributed by atoms with Crippen LogP contribution in [0.2, 0.25) is 0 Å². The van der Waals surface area contributed by atoms with Crippen molar-refractivity contribution in [2.75, 3.05) is 13.1 Å². The number of aromatic amines is 1. The Kier molecular flexibility index (Phi) is 6.60. The summed E-state index contributed by atoms with van der Waals surface area (Å²) in [5.74, 6) is 1.52. The van der Waals surface area contributed by atoms with Crippen LogP contribution in [-0.4, -0.2) is 42.8 Å². The maximum Gasteiger partial charge on any atom is 0.258 e. The predicted octanol–water partition coefficient (Wildman–Crippen LogP) is 4.37. The molecule has 2 aromatic carbocycles. The van der Waals surface area contributed by atoms with Gasteiger partial charge in [0, 0.05) is 24.5 Å². The molecule has 2 aromatic heterocycles. The van der Waals surface area contributed by atoms with Crippen LogP contribution in [0.5, 0.6) is 0 Å². The largest absolute Gasteiger partial charge is 0.329 e. The zero-order valence-electron chi connectivity index (χ0n) is 18.9. The molecule has 33 heavy (non-hydrogen) atoms. The molecule has 5 rings (SSSR count). The van der Waals surface area contributed by atoms with Crippen LogP contribution in [0.15, 0.2) is 65.8 Å². The van der Waals surface area contributed by atoms with Gasteiger partial charge in [0.05, 0.1) is 28.7 Å². The first-order chi connectivity index (χ1) is 16.2. The van der Waals surface area contributed by atoms with Gasteiger partial charge >= 0.3 is 0 Å². The number of hydrogen-bond acceptors (Lipinski definition) is 5. The Labute approximate surface area is 198 Å². The summed E-state index contributed by atoms with van der Waals surface area (Å²) in [5, 5.41) is 1.26. The molecule has 0 aliphatic carbocycles. The van der Waals surface area contributed by atoms with Crippen molar-refractivity contribution in [2.45, 2.75) is 43.9 Å². The van der Waals surface area contributed by atoms with Crippen LogP contribution in [0.25, 0.3) is 10.9 Å². The molecule has 1 fully saturated rings. The van der Waals surface area contributed by atoms with Gasteiger partial charge in [0.2, 0.25) is 0 Å². The monoisotopic (exact) mass is 459 g/mol. The molecule has 0 atom stereocenters. The van der Waals surface area contributed by atoms with Crippen molar-refractivity contribution in [3.05, 3.63) is 94.1 Å². The summed E-state index contributed by atoms with van der Waals surface area (Å²) in [7, 11) is 0. The molecule has 3 heterocycles. The summed E-state index contributed by atoms with van der Waals surface area (Å²) in [6, 6.07) is 16.3. The fraction of sp³-hybridized carbons (Fsp3) is 0.346. The molecule has 0 amide bonds. The molecular weight excluding hydrogens is 430 g/mol. The maximum absolute atomic E-state index is 12.4. The second-order valence-corrected chi connectivity index (χ2v) is 10.1. The van der Waals surface area contributed by atoms with Crippen molar-refractivity contribution in [1.82, 2.24) is 24.4 Å². The third kappa shape index (κ3) is 5.20. The number of rotatable bonds is 7. The lowest BCUT2D eigenvalue weighted by atomic mass is 10.1. The normalized spacial score (nSPS) is 15.3. The number of benzene rings is 2. The van der Waals surface area contributed by atoms with Crippen LogP contribution in [0.1, 0.15) is 35.5 Å². The lowest BCUT2D eigenvalue weighted by Crippen LogP contribution is -2.35. The van der Waals surface area contributed by atoms with E-state index in [-0.39, 0.29) is 5.56 Å². The minimum absolute atomic E-state index is 0.0405. The SMILES string of the molecule is Cc1cccc2c(=O)[nH]c(CSC3CCN(Cc4cncn4Cc4ccccc4)CC3)nc12. The van der Waals surface area contributed by atoms with Crippen LogP contribution in [-0.2, 0) is 18.8 Å². The van der Waals surface area contributed by atoms with Gasteiger partial charge in [-0.3, -0.25) is 9.69 Å². The van der Waals surface area contributed by atoms with Crippen LogP contribution in [0.4, 0.5) is 0 Å². The van der Waals surface area contributed by atoms with Crippen molar-refractivity contribution >= 4 is 22.7 Å². The fourth-order valence-corrected chi connectivity index (χ4v) is 5.56. The van der Waals surface area contributed by atoms with E-state index in [0.29, 0.717) is 10.6 Å². The Bertz CT molecular complexity index is 1270. The van der Waals surface area contributed by atoms with E-state index >= 15 is 0 Å². The molecule has 0 spiro atoms. The van der Waals surface area contributed by atoms with Crippen molar-refractivity contribution in [1.29, 1.82) is 0 Å². The van der Waals surface area contributed by atoms with Crippen LogP contribution in [0.3, 0.4) is 0 Å². The summed E-state index contributed by atoms with van der Waals surface area (Å²) < 4.78 is 2.25. The van der Waals surface area contributed by atoms with E-state index in [1.54, 1.807) is 0 Å². The van der Waals surface area contributed by atoms with E-state index in [0.717, 1.165) is 61.7 Å². The number of nitrogens with one attached hydrogen (secondary N) is 1. The Morgan fingerprint density at radius 2 is 1.88 bits per heavy atom. The molecule has 170 valence electrons. The molecule has 1 N–H and O–H groups in total. The third-order valence-corrected chi connectivity index (χ3v) is 7.74. The first-order valence-corrected chi connectivity index (χ1v) is 12.6. The van der Waals surface area contributed by atoms with Gasteiger partial charge in [0.15, 0.2) is 0 Å². The maximum atomic E-state index is 12.4. The van der Waals surface area contributed by atoms with Gasteiger partial charge in [0.25, 0.3) is 5.56 Å². The fourth-order valence-electron chi connectivity index (χ4n) is 4.48. The third-order valence-electron chi connectivity index (χ3n) is 6.36. The number of aryl methyl sites for hydroxylation is 1. The van der Waals surface area contributed by atoms with Crippen molar-refractivity contribution < 1.29 is 0 Å². The number of aromatic nitrogens is 4. The van der Waals surface area contributed by atoms with E-state index in [4.69, 9.17) is 4.98 Å². The highest BCUT2D eigenvalue weighted by molar-refractivity contribution is 7.99. The molecule has 6 nitrogen and oxygen atoms in total. The highest BCUT2D eigenvalue weighted by Gasteiger charge is 2.21. The van der Waals surface area contributed by atoms with E-state index in [1.165, 1.54) is 11.3 Å². The predicted molar refractivity (Wildman–Crippen MR) is 134 cm³/mol. The summed E-state index contributed by atoms with van der Waals surface area (Å²) in [4.78, 5) is 27.0. The number of para-hydroxylation sites is 1. The second-order valence-electron chi connectivity index (χ2n) is 8.77. The molecular formula is C26H29N5OS. The molecule has 0 bridgehead atoms. The van der Waals surface area contributed by atoms with Crippen LogP contribution in [0, 0.1) is 6.92 Å². The van der Waals surface area contributed by atoms with Gasteiger partial charge in [-0.15, -0.1) is 0 Å². The number of likely N-dealkylation sites (tertiary alicyclic amines) is 1. The van der Waals surface area contributed by atoms with Gasteiger partial charge in [-0.1, -0.05) is 42.5 Å². The Balaban J connectivity index is 1.14. The van der Waals surface area contributed by atoms with Crippen molar-refractivity contribution in [2.24, 2.45) is 0 Å². The standard InChI is InChI=1S/C26H29N5OS/c1-19-6-5-9-23-25(19)28-24(29-26(23)32)17-33-22-10-12-30(13-11-22)16-21-14-27-18-31(21)15-20-7-3-2-4-8-20/h2-9,14,18,22H,10-13,15-17H2,1H3,(H,28,29,32). The number of piperidine rings is 1. The molecule has 0 unspecified atom stereocenters. The number of imidazole rings is 1. The zero-order chi connectivity index (χ0) is 22.6. The van der Waals surface area contributed by atoms with Gasteiger partial charge in [0.1, 0.15) is 5.82 Å². The van der Waals surface area contributed by atoms with Gasteiger partial charge < -0.3 is 9.55 Å². The molecule has 1 saturated heterocycles. The Morgan fingerprint density at radius 1 is 1.06 bits per heavy atom. The number of hydrogen-bond donors (Lipinski definition) is 1. The zero-order valence-corrected chi connectivity index (χ0v) is 19.7. The highest BCUT2D eigenvalue weighted by Crippen LogP contribution is 2.27. The molecule has 0 saturated carbocycles. The summed E-state index contributed by atoms with van der Waals surface area (Å²) in [6.07, 6.45) is 6.22. The molecule has 1 aliphatic heterocycles. The Morgan fingerprint density at radius 3 is 2.70 bits per heavy atom. The number of thioether (sulfide) groups is 1. The quantitative estimate of drug-likeness (QED) is 0.444. The van der Waals surface area contributed by atoms with E-state index in [9.17, 15) is 4.79 Å². The lowest BCUT2D eigenvalue weighted by Gasteiger charge is -2.31. The summed E-state index contributed by atoms with van der Waals surface area (Å²) in [6.45, 7) is 5.96. The van der Waals surface area contributed by atoms with E-state index < -0.39 is 0 Å². The van der Waals surface area contributed by atoms with E-state index in [2.05, 4.69) is 49.8 Å². The van der Waals surface area contributed by atoms with Gasteiger partial charge in [-0.2, -0.15) is 11.8 Å². The van der Waals surface area contributed by atoms with E-state index in [1.807, 2.05) is 49.4 Å². The topological polar surface area (TPSA) is 66.8 Å². The average molecular weight is 460 g/mol. The minimum atomic E-state index is -0.0405. The second kappa shape index (κ2) is 9.93. The lowest BCUT2D eigenvalue weighted by molar-refractivity contribution is 0.220. The summed E-state index contributed by atoms with van der Waals surface area (Å²) >= 11 is 1.91. The van der Waals surface area contributed by atoms with Gasteiger partial charge in [-0.05, 0) is 50.0 Å². The average Bonchev–Trinajstić information content (AvgIpc) is 3.26. The van der Waals surface area contributed by atoms with Crippen molar-refractivity contribution in [3.8, 4) is 0 Å². The number of nitrogens with zero attached hydrogens (tertiary/aromatic N) is 4. The van der Waals surface area contributed by atoms with Crippen molar-refractivity contribution in [3.63, 3.8) is 0 Å².